The molecule has 20 heavy (non-hydrogen) atoms. The van der Waals surface area contributed by atoms with Crippen LogP contribution in [0.2, 0.25) is 5.15 Å². The Morgan fingerprint density at radius 1 is 1.35 bits per heavy atom. The lowest BCUT2D eigenvalue weighted by molar-refractivity contribution is 0.113. The summed E-state index contributed by atoms with van der Waals surface area (Å²) < 4.78 is 1.73. The normalized spacial score (nSPS) is 12.4. The van der Waals surface area contributed by atoms with E-state index in [0.717, 1.165) is 30.6 Å². The van der Waals surface area contributed by atoms with Crippen LogP contribution in [-0.4, -0.2) is 28.0 Å². The van der Waals surface area contributed by atoms with Crippen molar-refractivity contribution in [3.05, 3.63) is 16.4 Å². The minimum Gasteiger partial charge on any atom is -0.396 e. The van der Waals surface area contributed by atoms with E-state index in [4.69, 9.17) is 11.6 Å². The quantitative estimate of drug-likeness (QED) is 0.776. The molecule has 0 spiro atoms. The monoisotopic (exact) mass is 301 g/mol. The fourth-order valence-electron chi connectivity index (χ4n) is 2.43. The van der Waals surface area contributed by atoms with Crippen LogP contribution in [0.25, 0.3) is 0 Å². The van der Waals surface area contributed by atoms with Crippen LogP contribution >= 0.6 is 11.6 Å². The lowest BCUT2D eigenvalue weighted by atomic mass is 9.83. The highest BCUT2D eigenvalue weighted by Crippen LogP contribution is 2.27. The Labute approximate surface area is 127 Å². The average Bonchev–Trinajstić information content (AvgIpc) is 2.72. The summed E-state index contributed by atoms with van der Waals surface area (Å²) in [5.41, 5.74) is 2.09. The van der Waals surface area contributed by atoms with E-state index in [1.54, 1.807) is 4.68 Å². The Kier molecular flexibility index (Phi) is 6.49. The van der Waals surface area contributed by atoms with Crippen molar-refractivity contribution in [3.63, 3.8) is 0 Å². The largest absolute Gasteiger partial charge is 0.396 e. The first-order valence-corrected chi connectivity index (χ1v) is 7.81. The van der Waals surface area contributed by atoms with E-state index in [-0.39, 0.29) is 12.0 Å². The van der Waals surface area contributed by atoms with E-state index in [9.17, 15) is 5.11 Å². The van der Waals surface area contributed by atoms with Crippen LogP contribution in [0.3, 0.4) is 0 Å². The Bertz CT molecular complexity index is 417. The molecule has 0 radical (unpaired) electrons. The molecule has 0 aromatic carbocycles. The van der Waals surface area contributed by atoms with Crippen molar-refractivity contribution in [1.29, 1.82) is 0 Å². The Morgan fingerprint density at radius 2 is 1.95 bits per heavy atom. The SMILES string of the molecule is CCC(CC)(CO)CNCc1c(C(C)C)nn(C)c1Cl. The molecule has 116 valence electrons. The third-order valence-electron chi connectivity index (χ3n) is 4.28. The second-order valence-electron chi connectivity index (χ2n) is 5.90. The van der Waals surface area contributed by atoms with Crippen molar-refractivity contribution in [2.75, 3.05) is 13.2 Å². The highest BCUT2D eigenvalue weighted by Gasteiger charge is 2.25. The predicted octanol–water partition coefficient (Wildman–Crippen LogP) is 3.09. The van der Waals surface area contributed by atoms with Gasteiger partial charge in [-0.25, -0.2) is 0 Å². The van der Waals surface area contributed by atoms with Crippen LogP contribution in [0.5, 0.6) is 0 Å². The lowest BCUT2D eigenvalue weighted by Gasteiger charge is -2.29. The van der Waals surface area contributed by atoms with Gasteiger partial charge in [0.2, 0.25) is 0 Å². The van der Waals surface area contributed by atoms with Gasteiger partial charge in [-0.15, -0.1) is 0 Å². The first-order chi connectivity index (χ1) is 9.40. The molecule has 0 bridgehead atoms. The molecule has 1 aromatic rings. The molecule has 0 saturated carbocycles. The van der Waals surface area contributed by atoms with Crippen molar-refractivity contribution in [2.24, 2.45) is 12.5 Å². The fraction of sp³-hybridized carbons (Fsp3) is 0.800. The minimum absolute atomic E-state index is 0.0350. The molecule has 1 heterocycles. The third kappa shape index (κ3) is 3.74. The number of rotatable bonds is 8. The van der Waals surface area contributed by atoms with Gasteiger partial charge < -0.3 is 10.4 Å². The van der Waals surface area contributed by atoms with Crippen LogP contribution < -0.4 is 5.32 Å². The van der Waals surface area contributed by atoms with Gasteiger partial charge >= 0.3 is 0 Å². The van der Waals surface area contributed by atoms with Gasteiger partial charge in [-0.1, -0.05) is 39.3 Å². The van der Waals surface area contributed by atoms with Gasteiger partial charge in [-0.2, -0.15) is 5.10 Å². The molecule has 0 aliphatic rings. The summed E-state index contributed by atoms with van der Waals surface area (Å²) in [5.74, 6) is 0.352. The smallest absolute Gasteiger partial charge is 0.131 e. The van der Waals surface area contributed by atoms with Gasteiger partial charge in [-0.05, 0) is 18.8 Å². The standard InChI is InChI=1S/C15H28ClN3O/c1-6-15(7-2,10-20)9-17-8-12-13(11(3)4)18-19(5)14(12)16/h11,17,20H,6-10H2,1-5H3. The van der Waals surface area contributed by atoms with Crippen LogP contribution in [-0.2, 0) is 13.6 Å². The summed E-state index contributed by atoms with van der Waals surface area (Å²) in [7, 11) is 1.87. The molecular formula is C15H28ClN3O. The van der Waals surface area contributed by atoms with Gasteiger partial charge in [0.15, 0.2) is 0 Å². The number of nitrogens with one attached hydrogen (secondary N) is 1. The molecule has 0 aliphatic carbocycles. The number of aromatic nitrogens is 2. The lowest BCUT2D eigenvalue weighted by Crippen LogP contribution is -2.36. The van der Waals surface area contributed by atoms with Gasteiger partial charge in [0.1, 0.15) is 5.15 Å². The maximum Gasteiger partial charge on any atom is 0.131 e. The maximum atomic E-state index is 9.59. The second-order valence-corrected chi connectivity index (χ2v) is 6.26. The Morgan fingerprint density at radius 3 is 2.40 bits per heavy atom. The van der Waals surface area contributed by atoms with Crippen molar-refractivity contribution in [2.45, 2.75) is 53.0 Å². The average molecular weight is 302 g/mol. The second kappa shape index (κ2) is 7.43. The Balaban J connectivity index is 2.75. The maximum absolute atomic E-state index is 9.59. The molecule has 0 unspecified atom stereocenters. The minimum atomic E-state index is -0.0350. The number of hydrogen-bond acceptors (Lipinski definition) is 3. The first kappa shape index (κ1) is 17.5. The number of aliphatic hydroxyl groups excluding tert-OH is 1. The van der Waals surface area contributed by atoms with Crippen LogP contribution in [0.1, 0.15) is 57.7 Å². The number of hydrogen-bond donors (Lipinski definition) is 2. The zero-order valence-electron chi connectivity index (χ0n) is 13.3. The van der Waals surface area contributed by atoms with Crippen molar-refractivity contribution in [3.8, 4) is 0 Å². The van der Waals surface area contributed by atoms with Gasteiger partial charge in [0.05, 0.1) is 5.69 Å². The summed E-state index contributed by atoms with van der Waals surface area (Å²) in [6.07, 6.45) is 1.93. The summed E-state index contributed by atoms with van der Waals surface area (Å²) in [5, 5.41) is 18.2. The first-order valence-electron chi connectivity index (χ1n) is 7.43. The van der Waals surface area contributed by atoms with Crippen molar-refractivity contribution >= 4 is 11.6 Å². The Hall–Kier alpha value is -0.580. The van der Waals surface area contributed by atoms with E-state index in [1.165, 1.54) is 0 Å². The highest BCUT2D eigenvalue weighted by atomic mass is 35.5. The molecule has 1 rings (SSSR count). The summed E-state index contributed by atoms with van der Waals surface area (Å²) in [4.78, 5) is 0. The topological polar surface area (TPSA) is 50.1 Å². The van der Waals surface area contributed by atoms with Crippen molar-refractivity contribution in [1.82, 2.24) is 15.1 Å². The number of aryl methyl sites for hydroxylation is 1. The molecule has 1 aromatic heterocycles. The van der Waals surface area contributed by atoms with E-state index >= 15 is 0 Å². The van der Waals surface area contributed by atoms with E-state index in [2.05, 4.69) is 38.1 Å². The van der Waals surface area contributed by atoms with Crippen LogP contribution in [0.4, 0.5) is 0 Å². The molecule has 0 saturated heterocycles. The van der Waals surface area contributed by atoms with Gasteiger partial charge in [0.25, 0.3) is 0 Å². The zero-order valence-corrected chi connectivity index (χ0v) is 14.1. The molecule has 0 atom stereocenters. The molecule has 4 nitrogen and oxygen atoms in total. The highest BCUT2D eigenvalue weighted by molar-refractivity contribution is 6.30. The number of aliphatic hydroxyl groups is 1. The predicted molar refractivity (Wildman–Crippen MR) is 84.1 cm³/mol. The molecule has 0 fully saturated rings. The fourth-order valence-corrected chi connectivity index (χ4v) is 2.63. The van der Waals surface area contributed by atoms with Crippen molar-refractivity contribution < 1.29 is 5.11 Å². The number of nitrogens with zero attached hydrogens (tertiary/aromatic N) is 2. The van der Waals surface area contributed by atoms with Crippen LogP contribution in [0.15, 0.2) is 0 Å². The van der Waals surface area contributed by atoms with Gasteiger partial charge in [0, 0.05) is 37.7 Å². The molecule has 2 N–H and O–H groups in total. The molecular weight excluding hydrogens is 274 g/mol. The van der Waals surface area contributed by atoms with Gasteiger partial charge in [-0.3, -0.25) is 4.68 Å². The van der Waals surface area contributed by atoms with E-state index in [0.29, 0.717) is 17.6 Å². The van der Waals surface area contributed by atoms with E-state index < -0.39 is 0 Å². The summed E-state index contributed by atoms with van der Waals surface area (Å²) in [6, 6.07) is 0. The molecule has 0 aliphatic heterocycles. The molecule has 5 heteroatoms. The summed E-state index contributed by atoms with van der Waals surface area (Å²) >= 11 is 6.32. The number of halogens is 1. The summed E-state index contributed by atoms with van der Waals surface area (Å²) in [6.45, 7) is 10.2. The van der Waals surface area contributed by atoms with Crippen LogP contribution in [0, 0.1) is 5.41 Å². The third-order valence-corrected chi connectivity index (χ3v) is 4.76. The molecule has 0 amide bonds. The zero-order chi connectivity index (χ0) is 15.3. The van der Waals surface area contributed by atoms with E-state index in [1.807, 2.05) is 7.05 Å².